The first-order valence-corrected chi connectivity index (χ1v) is 3.85. The van der Waals surface area contributed by atoms with E-state index in [1.807, 2.05) is 0 Å². The van der Waals surface area contributed by atoms with E-state index >= 15 is 0 Å². The average Bonchev–Trinajstić information content (AvgIpc) is 2.09. The number of nitrogens with zero attached hydrogens (tertiary/aromatic N) is 1. The maximum absolute atomic E-state index is 10.9. The number of ether oxygens (including phenoxy) is 1. The Kier molecular flexibility index (Phi) is 2.84. The molecule has 0 radical (unpaired) electrons. The summed E-state index contributed by atoms with van der Waals surface area (Å²) < 4.78 is 4.50. The van der Waals surface area contributed by atoms with Crippen LogP contribution in [0.2, 0.25) is 0 Å². The monoisotopic (exact) mass is 181 g/mol. The topological polar surface area (TPSA) is 59.4 Å². The molecule has 4 heteroatoms. The predicted molar refractivity (Wildman–Crippen MR) is 46.4 cm³/mol. The Bertz CT molecular complexity index is 323. The van der Waals surface area contributed by atoms with Crippen LogP contribution in [0, 0.1) is 6.92 Å². The normalized spacial score (nSPS) is 9.69. The van der Waals surface area contributed by atoms with Crippen molar-refractivity contribution in [3.63, 3.8) is 0 Å². The van der Waals surface area contributed by atoms with Crippen molar-refractivity contribution in [2.24, 2.45) is 0 Å². The first-order chi connectivity index (χ1) is 6.13. The van der Waals surface area contributed by atoms with Crippen molar-refractivity contribution >= 4 is 5.97 Å². The van der Waals surface area contributed by atoms with E-state index in [0.717, 1.165) is 5.56 Å². The van der Waals surface area contributed by atoms with Gasteiger partial charge in [-0.05, 0) is 18.6 Å². The van der Waals surface area contributed by atoms with Crippen LogP contribution < -0.4 is 0 Å². The van der Waals surface area contributed by atoms with Crippen LogP contribution in [0.25, 0.3) is 0 Å². The van der Waals surface area contributed by atoms with E-state index in [2.05, 4.69) is 9.72 Å². The molecule has 0 bridgehead atoms. The largest absolute Gasteiger partial charge is 0.506 e. The van der Waals surface area contributed by atoms with Crippen LogP contribution in [0.5, 0.6) is 5.75 Å². The lowest BCUT2D eigenvalue weighted by atomic mass is 10.1. The minimum Gasteiger partial charge on any atom is -0.506 e. The summed E-state index contributed by atoms with van der Waals surface area (Å²) in [6.07, 6.45) is 1.45. The molecule has 0 aliphatic carbocycles. The molecule has 0 atom stereocenters. The second kappa shape index (κ2) is 3.89. The van der Waals surface area contributed by atoms with Crippen LogP contribution >= 0.6 is 0 Å². The average molecular weight is 181 g/mol. The Labute approximate surface area is 76.2 Å². The molecule has 70 valence electrons. The molecular weight excluding hydrogens is 170 g/mol. The Morgan fingerprint density at radius 2 is 2.38 bits per heavy atom. The highest BCUT2D eigenvalue weighted by atomic mass is 16.5. The van der Waals surface area contributed by atoms with Gasteiger partial charge in [0.05, 0.1) is 25.4 Å². The fraction of sp³-hybridized carbons (Fsp3) is 0.333. The molecule has 0 spiro atoms. The molecule has 1 aromatic heterocycles. The van der Waals surface area contributed by atoms with Gasteiger partial charge in [-0.1, -0.05) is 0 Å². The van der Waals surface area contributed by atoms with Crippen molar-refractivity contribution in [1.29, 1.82) is 0 Å². The van der Waals surface area contributed by atoms with Crippen LogP contribution in [0.15, 0.2) is 12.3 Å². The van der Waals surface area contributed by atoms with E-state index < -0.39 is 0 Å². The van der Waals surface area contributed by atoms with Gasteiger partial charge in [0.25, 0.3) is 0 Å². The third-order valence-electron chi connectivity index (χ3n) is 1.71. The van der Waals surface area contributed by atoms with Crippen LogP contribution in [0.4, 0.5) is 0 Å². The standard InChI is InChI=1S/C9H11NO3/c1-6-3-7(11)5-10-8(6)4-9(12)13-2/h3,5,11H,4H2,1-2H3. The molecule has 0 unspecified atom stereocenters. The van der Waals surface area contributed by atoms with E-state index in [4.69, 9.17) is 5.11 Å². The van der Waals surface area contributed by atoms with E-state index in [1.165, 1.54) is 13.3 Å². The Morgan fingerprint density at radius 3 is 2.92 bits per heavy atom. The molecule has 0 saturated heterocycles. The van der Waals surface area contributed by atoms with Crippen molar-refractivity contribution in [1.82, 2.24) is 4.98 Å². The molecule has 1 rings (SSSR count). The predicted octanol–water partition coefficient (Wildman–Crippen LogP) is 0.811. The first kappa shape index (κ1) is 9.51. The molecule has 1 heterocycles. The fourth-order valence-corrected chi connectivity index (χ4v) is 0.982. The third-order valence-corrected chi connectivity index (χ3v) is 1.71. The second-order valence-corrected chi connectivity index (χ2v) is 2.71. The van der Waals surface area contributed by atoms with Crippen molar-refractivity contribution in [3.05, 3.63) is 23.5 Å². The van der Waals surface area contributed by atoms with Gasteiger partial charge < -0.3 is 9.84 Å². The number of pyridine rings is 1. The maximum Gasteiger partial charge on any atom is 0.311 e. The SMILES string of the molecule is COC(=O)Cc1ncc(O)cc1C. The minimum absolute atomic E-state index is 0.103. The molecule has 0 aliphatic heterocycles. The van der Waals surface area contributed by atoms with Crippen LogP contribution in [-0.2, 0) is 16.0 Å². The minimum atomic E-state index is -0.332. The molecule has 0 fully saturated rings. The number of rotatable bonds is 2. The summed E-state index contributed by atoms with van der Waals surface area (Å²) in [5.74, 6) is -0.229. The Morgan fingerprint density at radius 1 is 1.69 bits per heavy atom. The molecule has 13 heavy (non-hydrogen) atoms. The lowest BCUT2D eigenvalue weighted by molar-refractivity contribution is -0.139. The van der Waals surface area contributed by atoms with Gasteiger partial charge >= 0.3 is 5.97 Å². The van der Waals surface area contributed by atoms with Gasteiger partial charge in [-0.3, -0.25) is 9.78 Å². The molecule has 0 aromatic carbocycles. The van der Waals surface area contributed by atoms with Crippen LogP contribution in [0.1, 0.15) is 11.3 Å². The highest BCUT2D eigenvalue weighted by Gasteiger charge is 2.07. The van der Waals surface area contributed by atoms with Crippen LogP contribution in [-0.4, -0.2) is 23.2 Å². The first-order valence-electron chi connectivity index (χ1n) is 3.85. The zero-order valence-corrected chi connectivity index (χ0v) is 7.57. The summed E-state index contributed by atoms with van der Waals surface area (Å²) >= 11 is 0. The molecule has 0 amide bonds. The molecule has 1 N–H and O–H groups in total. The van der Waals surface area contributed by atoms with E-state index in [-0.39, 0.29) is 18.1 Å². The third kappa shape index (κ3) is 2.43. The Hall–Kier alpha value is -1.58. The van der Waals surface area contributed by atoms with E-state index in [0.29, 0.717) is 5.69 Å². The van der Waals surface area contributed by atoms with Gasteiger partial charge in [-0.2, -0.15) is 0 Å². The second-order valence-electron chi connectivity index (χ2n) is 2.71. The number of aromatic nitrogens is 1. The number of hydrogen-bond acceptors (Lipinski definition) is 4. The highest BCUT2D eigenvalue weighted by Crippen LogP contribution is 2.12. The molecule has 0 aliphatic rings. The van der Waals surface area contributed by atoms with Crippen molar-refractivity contribution < 1.29 is 14.6 Å². The molecule has 1 aromatic rings. The molecular formula is C9H11NO3. The smallest absolute Gasteiger partial charge is 0.311 e. The quantitative estimate of drug-likeness (QED) is 0.686. The number of hydrogen-bond donors (Lipinski definition) is 1. The van der Waals surface area contributed by atoms with Crippen molar-refractivity contribution in [3.8, 4) is 5.75 Å². The number of carbonyl (C=O) groups is 1. The molecule has 4 nitrogen and oxygen atoms in total. The number of aromatic hydroxyl groups is 1. The number of methoxy groups -OCH3 is 1. The summed E-state index contributed by atoms with van der Waals surface area (Å²) in [6.45, 7) is 1.78. The van der Waals surface area contributed by atoms with Gasteiger partial charge in [-0.15, -0.1) is 0 Å². The van der Waals surface area contributed by atoms with Gasteiger partial charge in [0.2, 0.25) is 0 Å². The van der Waals surface area contributed by atoms with Crippen molar-refractivity contribution in [2.75, 3.05) is 7.11 Å². The van der Waals surface area contributed by atoms with Gasteiger partial charge in [-0.25, -0.2) is 0 Å². The lowest BCUT2D eigenvalue weighted by Crippen LogP contribution is -2.07. The van der Waals surface area contributed by atoms with Gasteiger partial charge in [0.15, 0.2) is 0 Å². The summed E-state index contributed by atoms with van der Waals surface area (Å²) in [7, 11) is 1.33. The van der Waals surface area contributed by atoms with E-state index in [9.17, 15) is 4.79 Å². The summed E-state index contributed by atoms with van der Waals surface area (Å²) in [6, 6.07) is 1.56. The van der Waals surface area contributed by atoms with Gasteiger partial charge in [0.1, 0.15) is 5.75 Å². The van der Waals surface area contributed by atoms with E-state index in [1.54, 1.807) is 13.0 Å². The highest BCUT2D eigenvalue weighted by molar-refractivity contribution is 5.72. The summed E-state index contributed by atoms with van der Waals surface area (Å²) in [5, 5.41) is 9.05. The lowest BCUT2D eigenvalue weighted by Gasteiger charge is -2.03. The number of esters is 1. The van der Waals surface area contributed by atoms with Gasteiger partial charge in [0, 0.05) is 0 Å². The van der Waals surface area contributed by atoms with Crippen LogP contribution in [0.3, 0.4) is 0 Å². The Balaban J connectivity index is 2.83. The van der Waals surface area contributed by atoms with Crippen molar-refractivity contribution in [2.45, 2.75) is 13.3 Å². The molecule has 0 saturated carbocycles. The fourth-order valence-electron chi connectivity index (χ4n) is 0.982. The zero-order chi connectivity index (χ0) is 9.84. The summed E-state index contributed by atoms with van der Waals surface area (Å²) in [5.41, 5.74) is 1.41. The number of aryl methyl sites for hydroxylation is 1. The summed E-state index contributed by atoms with van der Waals surface area (Å²) in [4.78, 5) is 14.8. The maximum atomic E-state index is 10.9. The number of carbonyl (C=O) groups excluding carboxylic acids is 1. The zero-order valence-electron chi connectivity index (χ0n) is 7.57.